The molecule has 0 radical (unpaired) electrons. The Morgan fingerprint density at radius 1 is 1.12 bits per heavy atom. The first-order chi connectivity index (χ1) is 15.3. The molecule has 2 fully saturated rings. The van der Waals surface area contributed by atoms with Gasteiger partial charge in [-0.15, -0.1) is 11.3 Å². The molecule has 1 N–H and O–H groups in total. The van der Waals surface area contributed by atoms with Gasteiger partial charge in [-0.3, -0.25) is 4.79 Å². The molecule has 3 aromatic rings. The summed E-state index contributed by atoms with van der Waals surface area (Å²) in [7, 11) is 1.79. The van der Waals surface area contributed by atoms with Crippen molar-refractivity contribution in [3.05, 3.63) is 81.7 Å². The Morgan fingerprint density at radius 3 is 2.47 bits per heavy atom. The molecule has 164 valence electrons. The van der Waals surface area contributed by atoms with E-state index in [4.69, 9.17) is 0 Å². The summed E-state index contributed by atoms with van der Waals surface area (Å²) in [6.07, 6.45) is 2.53. The molecule has 5 nitrogen and oxygen atoms in total. The summed E-state index contributed by atoms with van der Waals surface area (Å²) in [6, 6.07) is 12.8. The minimum absolute atomic E-state index is 0.0547. The SMILES string of the molecule is C=C1N[C@](C)(c2cc(-c3cc(C)nc(C)n3)cs2)[C@@H](c2ccc(C3CC3)cc2)C(=O)N1C. The van der Waals surface area contributed by atoms with E-state index < -0.39 is 5.54 Å². The summed E-state index contributed by atoms with van der Waals surface area (Å²) in [5, 5.41) is 5.68. The van der Waals surface area contributed by atoms with Crippen LogP contribution in [0.1, 0.15) is 59.1 Å². The molecule has 0 spiro atoms. The minimum atomic E-state index is -0.609. The summed E-state index contributed by atoms with van der Waals surface area (Å²) in [5.41, 5.74) is 4.68. The third-order valence-corrected chi connectivity index (χ3v) is 7.82. The highest BCUT2D eigenvalue weighted by molar-refractivity contribution is 7.10. The molecule has 2 aromatic heterocycles. The topological polar surface area (TPSA) is 58.1 Å². The van der Waals surface area contributed by atoms with Crippen LogP contribution >= 0.6 is 11.3 Å². The number of nitrogens with one attached hydrogen (secondary N) is 1. The van der Waals surface area contributed by atoms with Gasteiger partial charge in [0, 0.05) is 28.6 Å². The summed E-state index contributed by atoms with van der Waals surface area (Å²) in [5.74, 6) is 1.77. The average Bonchev–Trinajstić information content (AvgIpc) is 3.47. The number of hydrogen-bond acceptors (Lipinski definition) is 5. The quantitative estimate of drug-likeness (QED) is 0.599. The van der Waals surface area contributed by atoms with Crippen LogP contribution in [0.5, 0.6) is 0 Å². The predicted octanol–water partition coefficient (Wildman–Crippen LogP) is 5.23. The van der Waals surface area contributed by atoms with Crippen molar-refractivity contribution >= 4 is 17.2 Å². The largest absolute Gasteiger partial charge is 0.361 e. The van der Waals surface area contributed by atoms with Crippen molar-refractivity contribution in [3.8, 4) is 11.3 Å². The number of benzene rings is 1. The molecular formula is C26H28N4OS. The number of aromatic nitrogens is 2. The highest BCUT2D eigenvalue weighted by Gasteiger charge is 2.48. The number of carbonyl (C=O) groups excluding carboxylic acids is 1. The Kier molecular flexibility index (Phi) is 4.93. The summed E-state index contributed by atoms with van der Waals surface area (Å²) in [4.78, 5) is 25.3. The molecule has 0 bridgehead atoms. The van der Waals surface area contributed by atoms with Crippen molar-refractivity contribution < 1.29 is 4.79 Å². The fourth-order valence-electron chi connectivity index (χ4n) is 4.69. The fraction of sp³-hybridized carbons (Fsp3) is 0.346. The second-order valence-corrected chi connectivity index (χ2v) is 10.1. The zero-order chi connectivity index (χ0) is 22.6. The third-order valence-electron chi connectivity index (χ3n) is 6.66. The van der Waals surface area contributed by atoms with Crippen molar-refractivity contribution in [2.45, 2.75) is 51.0 Å². The molecular weight excluding hydrogens is 416 g/mol. The molecule has 2 aliphatic rings. The molecule has 1 amide bonds. The van der Waals surface area contributed by atoms with Crippen LogP contribution in [0.25, 0.3) is 11.3 Å². The Morgan fingerprint density at radius 2 is 1.81 bits per heavy atom. The molecule has 1 aliphatic carbocycles. The average molecular weight is 445 g/mol. The van der Waals surface area contributed by atoms with Crippen molar-refractivity contribution in [2.24, 2.45) is 0 Å². The number of nitrogens with zero attached hydrogens (tertiary/aromatic N) is 3. The van der Waals surface area contributed by atoms with Gasteiger partial charge in [-0.25, -0.2) is 9.97 Å². The molecule has 1 saturated carbocycles. The Balaban J connectivity index is 1.57. The van der Waals surface area contributed by atoms with Gasteiger partial charge in [0.25, 0.3) is 0 Å². The Hall–Kier alpha value is -2.99. The van der Waals surface area contributed by atoms with E-state index in [0.717, 1.165) is 33.2 Å². The van der Waals surface area contributed by atoms with Crippen LogP contribution in [-0.4, -0.2) is 27.8 Å². The van der Waals surface area contributed by atoms with Crippen LogP contribution in [0.2, 0.25) is 0 Å². The van der Waals surface area contributed by atoms with E-state index in [1.165, 1.54) is 18.4 Å². The first-order valence-corrected chi connectivity index (χ1v) is 11.9. The van der Waals surface area contributed by atoms with Crippen molar-refractivity contribution in [2.75, 3.05) is 7.05 Å². The third kappa shape index (κ3) is 3.52. The molecule has 32 heavy (non-hydrogen) atoms. The number of amides is 1. The molecule has 6 heteroatoms. The number of hydrogen-bond donors (Lipinski definition) is 1. The maximum absolute atomic E-state index is 13.5. The van der Waals surface area contributed by atoms with Gasteiger partial charge in [0.05, 0.1) is 17.2 Å². The van der Waals surface area contributed by atoms with Gasteiger partial charge in [-0.05, 0) is 62.8 Å². The summed E-state index contributed by atoms with van der Waals surface area (Å²) >= 11 is 1.65. The van der Waals surface area contributed by atoms with E-state index in [-0.39, 0.29) is 11.8 Å². The van der Waals surface area contributed by atoms with Gasteiger partial charge in [0.1, 0.15) is 11.6 Å². The lowest BCUT2D eigenvalue weighted by Crippen LogP contribution is -2.57. The maximum atomic E-state index is 13.5. The van der Waals surface area contributed by atoms with E-state index in [1.54, 1.807) is 23.3 Å². The van der Waals surface area contributed by atoms with Crippen LogP contribution in [-0.2, 0) is 10.3 Å². The normalized spacial score (nSPS) is 23.4. The number of carbonyl (C=O) groups is 1. The molecule has 0 unspecified atom stereocenters. The summed E-state index contributed by atoms with van der Waals surface area (Å²) < 4.78 is 0. The van der Waals surface area contributed by atoms with Gasteiger partial charge in [0.15, 0.2) is 0 Å². The molecule has 1 aliphatic heterocycles. The van der Waals surface area contributed by atoms with E-state index >= 15 is 0 Å². The van der Waals surface area contributed by atoms with Crippen LogP contribution in [0, 0.1) is 13.8 Å². The Bertz CT molecular complexity index is 1190. The molecule has 5 rings (SSSR count). The molecule has 3 heterocycles. The van der Waals surface area contributed by atoms with Gasteiger partial charge in [0.2, 0.25) is 5.91 Å². The highest BCUT2D eigenvalue weighted by Crippen LogP contribution is 2.46. The van der Waals surface area contributed by atoms with Crippen molar-refractivity contribution in [1.82, 2.24) is 20.2 Å². The van der Waals surface area contributed by atoms with Crippen LogP contribution in [0.4, 0.5) is 0 Å². The maximum Gasteiger partial charge on any atom is 0.238 e. The second-order valence-electron chi connectivity index (χ2n) is 9.19. The lowest BCUT2D eigenvalue weighted by molar-refractivity contribution is -0.134. The monoisotopic (exact) mass is 444 g/mol. The number of rotatable bonds is 4. The first-order valence-electron chi connectivity index (χ1n) is 11.0. The molecule has 2 atom stereocenters. The Labute approximate surface area is 193 Å². The standard InChI is InChI=1S/C26H28N4OS/c1-15-12-22(28-16(2)27-15)21-13-23(32-14-21)26(4)24(25(31)30(5)17(3)29-26)20-10-8-19(9-11-20)18-6-7-18/h8-14,18,24,29H,3,6-7H2,1-2,4-5H3/t24-,26+/m0/s1. The van der Waals surface area contributed by atoms with Crippen LogP contribution in [0.15, 0.2) is 54.2 Å². The predicted molar refractivity (Wildman–Crippen MR) is 128 cm³/mol. The van der Waals surface area contributed by atoms with Gasteiger partial charge >= 0.3 is 0 Å². The van der Waals surface area contributed by atoms with Crippen molar-refractivity contribution in [1.29, 1.82) is 0 Å². The van der Waals surface area contributed by atoms with Gasteiger partial charge in [-0.1, -0.05) is 30.8 Å². The van der Waals surface area contributed by atoms with E-state index in [2.05, 4.69) is 64.5 Å². The van der Waals surface area contributed by atoms with E-state index in [1.807, 2.05) is 19.9 Å². The van der Waals surface area contributed by atoms with E-state index in [9.17, 15) is 4.79 Å². The molecule has 1 saturated heterocycles. The lowest BCUT2D eigenvalue weighted by atomic mass is 9.76. The lowest BCUT2D eigenvalue weighted by Gasteiger charge is -2.46. The van der Waals surface area contributed by atoms with Crippen LogP contribution < -0.4 is 5.32 Å². The molecule has 1 aromatic carbocycles. The number of thiophene rings is 1. The smallest absolute Gasteiger partial charge is 0.238 e. The zero-order valence-electron chi connectivity index (χ0n) is 19.0. The first kappa shape index (κ1) is 20.9. The number of likely N-dealkylation sites (N-methyl/N-ethyl adjacent to an activating group) is 1. The zero-order valence-corrected chi connectivity index (χ0v) is 19.8. The van der Waals surface area contributed by atoms with Gasteiger partial charge < -0.3 is 10.2 Å². The van der Waals surface area contributed by atoms with Crippen molar-refractivity contribution in [3.63, 3.8) is 0 Å². The van der Waals surface area contributed by atoms with Gasteiger partial charge in [-0.2, -0.15) is 0 Å². The van der Waals surface area contributed by atoms with Crippen LogP contribution in [0.3, 0.4) is 0 Å². The second kappa shape index (κ2) is 7.55. The fourth-order valence-corrected chi connectivity index (χ4v) is 5.75. The van der Waals surface area contributed by atoms with E-state index in [0.29, 0.717) is 11.7 Å². The highest BCUT2D eigenvalue weighted by atomic mass is 32.1. The minimum Gasteiger partial charge on any atom is -0.361 e. The summed E-state index contributed by atoms with van der Waals surface area (Å²) in [6.45, 7) is 10.1. The number of aryl methyl sites for hydroxylation is 2.